The van der Waals surface area contributed by atoms with Gasteiger partial charge in [-0.2, -0.15) is 5.26 Å². The second kappa shape index (κ2) is 4.57. The van der Waals surface area contributed by atoms with Crippen molar-refractivity contribution < 1.29 is 0 Å². The third-order valence-corrected chi connectivity index (χ3v) is 2.66. The van der Waals surface area contributed by atoms with Gasteiger partial charge >= 0.3 is 0 Å². The summed E-state index contributed by atoms with van der Waals surface area (Å²) in [6.07, 6.45) is 0. The van der Waals surface area contributed by atoms with Gasteiger partial charge in [-0.05, 0) is 35.4 Å². The molecule has 0 unspecified atom stereocenters. The Morgan fingerprint density at radius 1 is 0.938 bits per heavy atom. The lowest BCUT2D eigenvalue weighted by atomic mass is 10.0. The summed E-state index contributed by atoms with van der Waals surface area (Å²) in [5.41, 5.74) is 2.31. The zero-order valence-electron chi connectivity index (χ0n) is 8.24. The van der Waals surface area contributed by atoms with Crippen molar-refractivity contribution in [1.29, 1.82) is 5.26 Å². The quantitative estimate of drug-likeness (QED) is 0.727. The second-order valence-corrected chi connectivity index (χ2v) is 4.19. The molecule has 0 aliphatic carbocycles. The van der Waals surface area contributed by atoms with Gasteiger partial charge in [0.25, 0.3) is 0 Å². The maximum absolute atomic E-state index is 9.00. The smallest absolute Gasteiger partial charge is 0.0998 e. The molecule has 0 saturated heterocycles. The predicted octanol–water partition coefficient (Wildman–Crippen LogP) is 4.53. The third kappa shape index (κ3) is 2.19. The van der Waals surface area contributed by atoms with E-state index in [0.29, 0.717) is 15.6 Å². The maximum Gasteiger partial charge on any atom is 0.0998 e. The molecule has 2 rings (SSSR count). The van der Waals surface area contributed by atoms with Gasteiger partial charge in [0, 0.05) is 10.0 Å². The van der Waals surface area contributed by atoms with Crippen LogP contribution < -0.4 is 0 Å². The van der Waals surface area contributed by atoms with Gasteiger partial charge in [-0.15, -0.1) is 0 Å². The lowest BCUT2D eigenvalue weighted by Gasteiger charge is -2.05. The number of nitrogens with zero attached hydrogens (tertiary/aromatic N) is 1. The van der Waals surface area contributed by atoms with Crippen molar-refractivity contribution in [2.24, 2.45) is 0 Å². The van der Waals surface area contributed by atoms with E-state index in [2.05, 4.69) is 6.07 Å². The second-order valence-electron chi connectivity index (χ2n) is 3.32. The summed E-state index contributed by atoms with van der Waals surface area (Å²) >= 11 is 11.9. The molecule has 2 aromatic rings. The highest BCUT2D eigenvalue weighted by Crippen LogP contribution is 2.29. The van der Waals surface area contributed by atoms with Crippen LogP contribution in [0.25, 0.3) is 11.1 Å². The Morgan fingerprint density at radius 3 is 2.19 bits per heavy atom. The van der Waals surface area contributed by atoms with Gasteiger partial charge in [0.15, 0.2) is 0 Å². The molecule has 0 aromatic heterocycles. The minimum atomic E-state index is 0.565. The van der Waals surface area contributed by atoms with E-state index < -0.39 is 0 Å². The number of hydrogen-bond donors (Lipinski definition) is 0. The number of hydrogen-bond acceptors (Lipinski definition) is 1. The van der Waals surface area contributed by atoms with E-state index in [4.69, 9.17) is 28.5 Å². The van der Waals surface area contributed by atoms with E-state index in [0.717, 1.165) is 11.1 Å². The Hall–Kier alpha value is -1.49. The van der Waals surface area contributed by atoms with Crippen LogP contribution in [0, 0.1) is 11.3 Å². The molecule has 0 spiro atoms. The van der Waals surface area contributed by atoms with Crippen LogP contribution in [0.4, 0.5) is 0 Å². The first-order valence-corrected chi connectivity index (χ1v) is 5.42. The summed E-state index contributed by atoms with van der Waals surface area (Å²) in [7, 11) is 0. The fraction of sp³-hybridized carbons (Fsp3) is 0. The minimum absolute atomic E-state index is 0.565. The van der Waals surface area contributed by atoms with E-state index >= 15 is 0 Å². The standard InChI is InChI=1S/C13H7Cl2N/c14-11-5-10(6-12(15)7-11)13-4-2-1-3-9(13)8-16/h1-7H. The number of benzene rings is 2. The zero-order chi connectivity index (χ0) is 11.5. The molecule has 0 saturated carbocycles. The first-order chi connectivity index (χ1) is 7.70. The Bertz CT molecular complexity index is 550. The molecule has 1 nitrogen and oxygen atoms in total. The average molecular weight is 248 g/mol. The topological polar surface area (TPSA) is 23.8 Å². The predicted molar refractivity (Wildman–Crippen MR) is 66.6 cm³/mol. The van der Waals surface area contributed by atoms with Crippen molar-refractivity contribution in [3.63, 3.8) is 0 Å². The van der Waals surface area contributed by atoms with Crippen LogP contribution in [-0.4, -0.2) is 0 Å². The summed E-state index contributed by atoms with van der Waals surface area (Å²) in [4.78, 5) is 0. The molecule has 0 aliphatic rings. The monoisotopic (exact) mass is 247 g/mol. The van der Waals surface area contributed by atoms with Gasteiger partial charge in [0.1, 0.15) is 0 Å². The molecule has 0 atom stereocenters. The van der Waals surface area contributed by atoms with E-state index in [9.17, 15) is 0 Å². The van der Waals surface area contributed by atoms with Crippen molar-refractivity contribution in [3.05, 3.63) is 58.1 Å². The first-order valence-electron chi connectivity index (χ1n) is 4.66. The zero-order valence-corrected chi connectivity index (χ0v) is 9.76. The average Bonchev–Trinajstić information content (AvgIpc) is 2.27. The summed E-state index contributed by atoms with van der Waals surface area (Å²) in [5, 5.41) is 10.1. The largest absolute Gasteiger partial charge is 0.192 e. The van der Waals surface area contributed by atoms with Gasteiger partial charge in [0.2, 0.25) is 0 Å². The van der Waals surface area contributed by atoms with Crippen molar-refractivity contribution in [3.8, 4) is 17.2 Å². The molecular formula is C13H7Cl2N. The molecule has 0 radical (unpaired) electrons. The highest BCUT2D eigenvalue weighted by molar-refractivity contribution is 6.35. The van der Waals surface area contributed by atoms with E-state index in [1.807, 2.05) is 18.2 Å². The maximum atomic E-state index is 9.00. The summed E-state index contributed by atoms with van der Waals surface area (Å²) in [6, 6.07) is 14.8. The normalized spacial score (nSPS) is 9.81. The molecule has 0 fully saturated rings. The Balaban J connectivity index is 2.63. The van der Waals surface area contributed by atoms with E-state index in [1.54, 1.807) is 24.3 Å². The number of halogens is 2. The fourth-order valence-electron chi connectivity index (χ4n) is 1.54. The van der Waals surface area contributed by atoms with Crippen molar-refractivity contribution in [1.82, 2.24) is 0 Å². The molecule has 0 N–H and O–H groups in total. The number of rotatable bonds is 1. The van der Waals surface area contributed by atoms with Crippen LogP contribution in [0.1, 0.15) is 5.56 Å². The summed E-state index contributed by atoms with van der Waals surface area (Å²) in [6.45, 7) is 0. The molecule has 78 valence electrons. The van der Waals surface area contributed by atoms with Gasteiger partial charge < -0.3 is 0 Å². The number of nitriles is 1. The van der Waals surface area contributed by atoms with Gasteiger partial charge in [-0.25, -0.2) is 0 Å². The molecule has 16 heavy (non-hydrogen) atoms. The van der Waals surface area contributed by atoms with Crippen LogP contribution in [0.15, 0.2) is 42.5 Å². The lowest BCUT2D eigenvalue weighted by molar-refractivity contribution is 1.48. The molecular weight excluding hydrogens is 241 g/mol. The summed E-state index contributed by atoms with van der Waals surface area (Å²) < 4.78 is 0. The molecule has 0 amide bonds. The molecule has 2 aromatic carbocycles. The van der Waals surface area contributed by atoms with Gasteiger partial charge in [-0.1, -0.05) is 41.4 Å². The molecule has 0 bridgehead atoms. The molecule has 0 aliphatic heterocycles. The van der Waals surface area contributed by atoms with Crippen LogP contribution in [-0.2, 0) is 0 Å². The lowest BCUT2D eigenvalue weighted by Crippen LogP contribution is -1.83. The van der Waals surface area contributed by atoms with Crippen molar-refractivity contribution in [2.75, 3.05) is 0 Å². The fourth-order valence-corrected chi connectivity index (χ4v) is 2.07. The van der Waals surface area contributed by atoms with E-state index in [1.165, 1.54) is 0 Å². The first kappa shape index (κ1) is 11.0. The third-order valence-electron chi connectivity index (χ3n) is 2.22. The SMILES string of the molecule is N#Cc1ccccc1-c1cc(Cl)cc(Cl)c1. The minimum Gasteiger partial charge on any atom is -0.192 e. The van der Waals surface area contributed by atoms with Crippen LogP contribution in [0.5, 0.6) is 0 Å². The Labute approximate surface area is 104 Å². The van der Waals surface area contributed by atoms with Gasteiger partial charge in [-0.3, -0.25) is 0 Å². The summed E-state index contributed by atoms with van der Waals surface area (Å²) in [5.74, 6) is 0. The molecule has 0 heterocycles. The highest BCUT2D eigenvalue weighted by Gasteiger charge is 2.05. The highest BCUT2D eigenvalue weighted by atomic mass is 35.5. The van der Waals surface area contributed by atoms with Crippen molar-refractivity contribution in [2.45, 2.75) is 0 Å². The van der Waals surface area contributed by atoms with Crippen LogP contribution in [0.3, 0.4) is 0 Å². The Morgan fingerprint density at radius 2 is 1.56 bits per heavy atom. The van der Waals surface area contributed by atoms with Crippen LogP contribution in [0.2, 0.25) is 10.0 Å². The molecule has 3 heteroatoms. The Kier molecular flexibility index (Phi) is 3.14. The van der Waals surface area contributed by atoms with Crippen LogP contribution >= 0.6 is 23.2 Å². The van der Waals surface area contributed by atoms with Crippen molar-refractivity contribution >= 4 is 23.2 Å². The van der Waals surface area contributed by atoms with E-state index in [-0.39, 0.29) is 0 Å². The van der Waals surface area contributed by atoms with Gasteiger partial charge in [0.05, 0.1) is 11.6 Å².